The SMILES string of the molecule is CCc1nc(-c2cnc3ccsc3c2)sc1CNC(C)C. The minimum atomic E-state index is 0.490. The molecule has 0 aliphatic rings. The van der Waals surface area contributed by atoms with Gasteiger partial charge in [-0.25, -0.2) is 4.98 Å². The van der Waals surface area contributed by atoms with E-state index in [9.17, 15) is 0 Å². The van der Waals surface area contributed by atoms with Gasteiger partial charge in [-0.3, -0.25) is 4.98 Å². The van der Waals surface area contributed by atoms with E-state index in [4.69, 9.17) is 4.98 Å². The highest BCUT2D eigenvalue weighted by Crippen LogP contribution is 2.31. The zero-order valence-corrected chi connectivity index (χ0v) is 14.1. The van der Waals surface area contributed by atoms with Gasteiger partial charge < -0.3 is 5.32 Å². The first kappa shape index (κ1) is 14.6. The van der Waals surface area contributed by atoms with Crippen LogP contribution < -0.4 is 5.32 Å². The van der Waals surface area contributed by atoms with Gasteiger partial charge in [-0.2, -0.15) is 0 Å². The molecular weight excluding hydrogens is 298 g/mol. The number of thiophene rings is 1. The van der Waals surface area contributed by atoms with E-state index in [-0.39, 0.29) is 0 Å². The fourth-order valence-electron chi connectivity index (χ4n) is 2.18. The molecule has 0 saturated carbocycles. The molecule has 0 atom stereocenters. The number of hydrogen-bond donors (Lipinski definition) is 1. The summed E-state index contributed by atoms with van der Waals surface area (Å²) in [6.45, 7) is 7.40. The van der Waals surface area contributed by atoms with Crippen LogP contribution in [0.3, 0.4) is 0 Å². The summed E-state index contributed by atoms with van der Waals surface area (Å²) in [6.07, 6.45) is 2.91. The molecule has 110 valence electrons. The molecule has 0 aliphatic carbocycles. The van der Waals surface area contributed by atoms with Crippen LogP contribution in [0.15, 0.2) is 23.7 Å². The fraction of sp³-hybridized carbons (Fsp3) is 0.375. The van der Waals surface area contributed by atoms with Crippen molar-refractivity contribution in [1.82, 2.24) is 15.3 Å². The number of fused-ring (bicyclic) bond motifs is 1. The molecule has 0 spiro atoms. The first-order valence-electron chi connectivity index (χ1n) is 7.23. The first-order valence-corrected chi connectivity index (χ1v) is 8.92. The molecule has 3 nitrogen and oxygen atoms in total. The minimum Gasteiger partial charge on any atom is -0.310 e. The summed E-state index contributed by atoms with van der Waals surface area (Å²) in [5.74, 6) is 0. The highest BCUT2D eigenvalue weighted by atomic mass is 32.1. The Balaban J connectivity index is 1.93. The maximum absolute atomic E-state index is 4.81. The summed E-state index contributed by atoms with van der Waals surface area (Å²) in [6, 6.07) is 4.75. The van der Waals surface area contributed by atoms with E-state index in [2.05, 4.69) is 48.6 Å². The van der Waals surface area contributed by atoms with Crippen molar-refractivity contribution in [3.05, 3.63) is 34.3 Å². The predicted octanol–water partition coefficient (Wildman–Crippen LogP) is 4.48. The molecule has 0 aliphatic heterocycles. The molecule has 0 aromatic carbocycles. The molecule has 3 aromatic rings. The van der Waals surface area contributed by atoms with Gasteiger partial charge in [0.15, 0.2) is 0 Å². The summed E-state index contributed by atoms with van der Waals surface area (Å²) in [5, 5.41) is 6.64. The predicted molar refractivity (Wildman–Crippen MR) is 92.1 cm³/mol. The molecule has 0 unspecified atom stereocenters. The molecular formula is C16H19N3S2. The van der Waals surface area contributed by atoms with Crippen LogP contribution in [0.25, 0.3) is 20.8 Å². The largest absolute Gasteiger partial charge is 0.310 e. The Hall–Kier alpha value is -1.30. The lowest BCUT2D eigenvalue weighted by atomic mass is 10.2. The zero-order valence-electron chi connectivity index (χ0n) is 12.5. The maximum Gasteiger partial charge on any atom is 0.125 e. The number of thiazole rings is 1. The normalized spacial score (nSPS) is 11.6. The van der Waals surface area contributed by atoms with Gasteiger partial charge >= 0.3 is 0 Å². The van der Waals surface area contributed by atoms with Crippen LogP contribution in [0.4, 0.5) is 0 Å². The molecule has 0 fully saturated rings. The molecule has 0 radical (unpaired) electrons. The summed E-state index contributed by atoms with van der Waals surface area (Å²) in [7, 11) is 0. The Morgan fingerprint density at radius 1 is 1.33 bits per heavy atom. The smallest absolute Gasteiger partial charge is 0.125 e. The second-order valence-electron chi connectivity index (χ2n) is 5.31. The van der Waals surface area contributed by atoms with Crippen molar-refractivity contribution in [3.8, 4) is 10.6 Å². The summed E-state index contributed by atoms with van der Waals surface area (Å²) >= 11 is 3.51. The molecule has 3 aromatic heterocycles. The molecule has 0 amide bonds. The Bertz CT molecular complexity index is 743. The Morgan fingerprint density at radius 3 is 2.95 bits per heavy atom. The van der Waals surface area contributed by atoms with Gasteiger partial charge in [-0.15, -0.1) is 22.7 Å². The highest BCUT2D eigenvalue weighted by molar-refractivity contribution is 7.17. The third kappa shape index (κ3) is 3.15. The Labute approximate surface area is 133 Å². The van der Waals surface area contributed by atoms with Gasteiger partial charge in [-0.05, 0) is 23.9 Å². The zero-order chi connectivity index (χ0) is 14.8. The number of aryl methyl sites for hydroxylation is 1. The number of hydrogen-bond acceptors (Lipinski definition) is 5. The monoisotopic (exact) mass is 317 g/mol. The molecule has 3 rings (SSSR count). The maximum atomic E-state index is 4.81. The highest BCUT2D eigenvalue weighted by Gasteiger charge is 2.12. The van der Waals surface area contributed by atoms with Crippen molar-refractivity contribution in [2.75, 3.05) is 0 Å². The molecule has 21 heavy (non-hydrogen) atoms. The van der Waals surface area contributed by atoms with Crippen molar-refractivity contribution < 1.29 is 0 Å². The molecule has 3 heterocycles. The topological polar surface area (TPSA) is 37.8 Å². The van der Waals surface area contributed by atoms with Crippen LogP contribution in [0.2, 0.25) is 0 Å². The molecule has 0 bridgehead atoms. The van der Waals surface area contributed by atoms with Crippen molar-refractivity contribution in [2.24, 2.45) is 0 Å². The third-order valence-electron chi connectivity index (χ3n) is 3.33. The van der Waals surface area contributed by atoms with E-state index < -0.39 is 0 Å². The number of nitrogens with one attached hydrogen (secondary N) is 1. The van der Waals surface area contributed by atoms with Crippen LogP contribution >= 0.6 is 22.7 Å². The Morgan fingerprint density at radius 2 is 2.19 bits per heavy atom. The van der Waals surface area contributed by atoms with E-state index in [1.807, 2.05) is 6.20 Å². The number of aromatic nitrogens is 2. The first-order chi connectivity index (χ1) is 10.2. The number of nitrogens with zero attached hydrogens (tertiary/aromatic N) is 2. The van der Waals surface area contributed by atoms with Gasteiger partial charge in [-0.1, -0.05) is 20.8 Å². The van der Waals surface area contributed by atoms with Crippen molar-refractivity contribution in [2.45, 2.75) is 39.8 Å². The van der Waals surface area contributed by atoms with Crippen molar-refractivity contribution in [3.63, 3.8) is 0 Å². The van der Waals surface area contributed by atoms with Crippen LogP contribution in [-0.2, 0) is 13.0 Å². The quantitative estimate of drug-likeness (QED) is 0.754. The number of rotatable bonds is 5. The van der Waals surface area contributed by atoms with E-state index in [1.165, 1.54) is 15.3 Å². The lowest BCUT2D eigenvalue weighted by molar-refractivity contribution is 0.590. The summed E-state index contributed by atoms with van der Waals surface area (Å²) in [5.41, 5.74) is 3.40. The van der Waals surface area contributed by atoms with Crippen molar-refractivity contribution in [1.29, 1.82) is 0 Å². The van der Waals surface area contributed by atoms with Crippen LogP contribution in [0.5, 0.6) is 0 Å². The Kier molecular flexibility index (Phi) is 4.33. The van der Waals surface area contributed by atoms with Crippen LogP contribution in [-0.4, -0.2) is 16.0 Å². The van der Waals surface area contributed by atoms with Crippen molar-refractivity contribution >= 4 is 32.9 Å². The fourth-order valence-corrected chi connectivity index (χ4v) is 4.04. The van der Waals surface area contributed by atoms with E-state index in [0.717, 1.165) is 29.1 Å². The average molecular weight is 317 g/mol. The van der Waals surface area contributed by atoms with E-state index >= 15 is 0 Å². The van der Waals surface area contributed by atoms with E-state index in [0.29, 0.717) is 6.04 Å². The van der Waals surface area contributed by atoms with Crippen LogP contribution in [0, 0.1) is 0 Å². The van der Waals surface area contributed by atoms with Crippen LogP contribution in [0.1, 0.15) is 31.3 Å². The van der Waals surface area contributed by atoms with Gasteiger partial charge in [0.1, 0.15) is 5.01 Å². The summed E-state index contributed by atoms with van der Waals surface area (Å²) in [4.78, 5) is 10.7. The minimum absolute atomic E-state index is 0.490. The second-order valence-corrected chi connectivity index (χ2v) is 7.34. The average Bonchev–Trinajstić information content (AvgIpc) is 3.10. The van der Waals surface area contributed by atoms with E-state index in [1.54, 1.807) is 22.7 Å². The molecule has 5 heteroatoms. The van der Waals surface area contributed by atoms with Gasteiger partial charge in [0.25, 0.3) is 0 Å². The number of pyridine rings is 1. The lowest BCUT2D eigenvalue weighted by Gasteiger charge is -2.06. The lowest BCUT2D eigenvalue weighted by Crippen LogP contribution is -2.21. The summed E-state index contributed by atoms with van der Waals surface area (Å²) < 4.78 is 1.22. The van der Waals surface area contributed by atoms with Gasteiger partial charge in [0.2, 0.25) is 0 Å². The van der Waals surface area contributed by atoms with Gasteiger partial charge in [0.05, 0.1) is 15.9 Å². The standard InChI is InChI=1S/C16H19N3S2/c1-4-12-15(9-17-10(2)3)21-16(19-12)11-7-14-13(18-8-11)5-6-20-14/h5-8,10,17H,4,9H2,1-3H3. The second kappa shape index (κ2) is 6.22. The third-order valence-corrected chi connectivity index (χ3v) is 5.33. The molecule has 1 N–H and O–H groups in total. The molecule has 0 saturated heterocycles. The van der Waals surface area contributed by atoms with Gasteiger partial charge in [0, 0.05) is 29.2 Å².